The molecule has 4 nitrogen and oxygen atoms in total. The molecule has 2 aromatic carbocycles. The number of hydrogen-bond acceptors (Lipinski definition) is 4. The minimum absolute atomic E-state index is 0.0826. The van der Waals surface area contributed by atoms with E-state index in [0.717, 1.165) is 0 Å². The van der Waals surface area contributed by atoms with Crippen LogP contribution in [0.25, 0.3) is 0 Å². The first kappa shape index (κ1) is 21.1. The van der Waals surface area contributed by atoms with Crippen LogP contribution in [0.3, 0.4) is 0 Å². The molecule has 29 heavy (non-hydrogen) atoms. The Hall–Kier alpha value is -2.63. The molecule has 1 heterocycles. The Kier molecular flexibility index (Phi) is 6.40. The number of rotatable bonds is 7. The van der Waals surface area contributed by atoms with E-state index in [1.807, 2.05) is 19.1 Å². The second kappa shape index (κ2) is 8.80. The molecule has 0 bridgehead atoms. The van der Waals surface area contributed by atoms with Crippen LogP contribution in [0.1, 0.15) is 27.7 Å². The minimum Gasteiger partial charge on any atom is -0.506 e. The van der Waals surface area contributed by atoms with Crippen LogP contribution in [0.15, 0.2) is 79.0 Å². The lowest BCUT2D eigenvalue weighted by molar-refractivity contribution is 0.130. The summed E-state index contributed by atoms with van der Waals surface area (Å²) in [6, 6.07) is 24.3. The van der Waals surface area contributed by atoms with Gasteiger partial charge in [-0.15, -0.1) is 0 Å². The van der Waals surface area contributed by atoms with Gasteiger partial charge in [-0.3, -0.25) is 0 Å². The Balaban J connectivity index is 1.93. The summed E-state index contributed by atoms with van der Waals surface area (Å²) in [5.74, 6) is 0.592. The molecule has 0 saturated heterocycles. The first-order valence-corrected chi connectivity index (χ1v) is 11.8. The molecule has 5 heteroatoms. The third-order valence-corrected chi connectivity index (χ3v) is 10.1. The fourth-order valence-corrected chi connectivity index (χ4v) is 8.37. The maximum absolute atomic E-state index is 9.39. The molecule has 0 aliphatic carbocycles. The van der Waals surface area contributed by atoms with Crippen LogP contribution in [0.4, 0.5) is 0 Å². The quantitative estimate of drug-likeness (QED) is 0.598. The summed E-state index contributed by atoms with van der Waals surface area (Å²) in [4.78, 5) is 4.10. The van der Waals surface area contributed by atoms with Crippen molar-refractivity contribution in [3.05, 3.63) is 79.0 Å². The van der Waals surface area contributed by atoms with Crippen molar-refractivity contribution in [1.29, 1.82) is 0 Å². The maximum atomic E-state index is 9.39. The third kappa shape index (κ3) is 4.69. The van der Waals surface area contributed by atoms with Crippen molar-refractivity contribution in [1.82, 2.24) is 4.98 Å². The van der Waals surface area contributed by atoms with Gasteiger partial charge in [0, 0.05) is 6.07 Å². The summed E-state index contributed by atoms with van der Waals surface area (Å²) in [6.07, 6.45) is 1.24. The lowest BCUT2D eigenvalue weighted by Crippen LogP contribution is -2.67. The molecule has 0 spiro atoms. The van der Waals surface area contributed by atoms with Gasteiger partial charge < -0.3 is 14.3 Å². The molecule has 0 saturated carbocycles. The van der Waals surface area contributed by atoms with Crippen molar-refractivity contribution in [2.45, 2.75) is 38.8 Å². The lowest BCUT2D eigenvalue weighted by atomic mass is 10.2. The topological polar surface area (TPSA) is 51.6 Å². The van der Waals surface area contributed by atoms with Gasteiger partial charge in [0.25, 0.3) is 8.32 Å². The molecular formula is C24H29NO3Si. The average Bonchev–Trinajstić information content (AvgIpc) is 2.72. The summed E-state index contributed by atoms with van der Waals surface area (Å²) < 4.78 is 12.8. The number of pyridine rings is 1. The zero-order valence-electron chi connectivity index (χ0n) is 17.5. The minimum atomic E-state index is -2.60. The Morgan fingerprint density at radius 3 is 1.90 bits per heavy atom. The van der Waals surface area contributed by atoms with Gasteiger partial charge in [0.1, 0.15) is 12.4 Å². The van der Waals surface area contributed by atoms with E-state index >= 15 is 0 Å². The Morgan fingerprint density at radius 1 is 0.897 bits per heavy atom. The van der Waals surface area contributed by atoms with Crippen LogP contribution < -0.4 is 15.1 Å². The zero-order valence-corrected chi connectivity index (χ0v) is 18.5. The van der Waals surface area contributed by atoms with Crippen LogP contribution in [0.2, 0.25) is 5.04 Å². The number of aromatic hydroxyl groups is 1. The SMILES string of the molecule is CC(COc1ccc(O)cn1)O[Si](c1ccccc1)(c1ccccc1)C(C)(C)C. The van der Waals surface area contributed by atoms with E-state index in [0.29, 0.717) is 12.5 Å². The van der Waals surface area contributed by atoms with E-state index in [9.17, 15) is 5.11 Å². The van der Waals surface area contributed by atoms with E-state index in [2.05, 4.69) is 74.3 Å². The number of ether oxygens (including phenoxy) is 1. The van der Waals surface area contributed by atoms with E-state index in [4.69, 9.17) is 9.16 Å². The molecule has 1 atom stereocenters. The number of hydrogen-bond donors (Lipinski definition) is 1. The van der Waals surface area contributed by atoms with Gasteiger partial charge in [0.05, 0.1) is 12.3 Å². The number of aromatic nitrogens is 1. The number of nitrogens with zero attached hydrogens (tertiary/aromatic N) is 1. The normalized spacial score (nSPS) is 13.1. The second-order valence-corrected chi connectivity index (χ2v) is 12.5. The smallest absolute Gasteiger partial charge is 0.261 e. The molecule has 3 aromatic rings. The largest absolute Gasteiger partial charge is 0.506 e. The molecule has 0 aliphatic heterocycles. The van der Waals surface area contributed by atoms with Crippen molar-refractivity contribution in [2.24, 2.45) is 0 Å². The Labute approximate surface area is 174 Å². The molecule has 0 aliphatic rings. The maximum Gasteiger partial charge on any atom is 0.261 e. The summed E-state index contributed by atoms with van der Waals surface area (Å²) in [6.45, 7) is 9.19. The van der Waals surface area contributed by atoms with Crippen LogP contribution in [0, 0.1) is 0 Å². The Morgan fingerprint density at radius 2 is 1.45 bits per heavy atom. The standard InChI is InChI=1S/C24H29NO3Si/c1-19(18-27-23-16-15-20(26)17-25-23)28-29(24(2,3)4,21-11-7-5-8-12-21)22-13-9-6-10-14-22/h5-17,19,26H,18H2,1-4H3. The summed E-state index contributed by atoms with van der Waals surface area (Å²) >= 11 is 0. The molecule has 152 valence electrons. The first-order valence-electron chi connectivity index (χ1n) is 9.89. The molecule has 0 amide bonds. The first-order chi connectivity index (χ1) is 13.8. The summed E-state index contributed by atoms with van der Waals surface area (Å²) in [7, 11) is -2.60. The van der Waals surface area contributed by atoms with Gasteiger partial charge in [-0.1, -0.05) is 81.4 Å². The van der Waals surface area contributed by atoms with Gasteiger partial charge in [0.2, 0.25) is 5.88 Å². The molecule has 3 rings (SSSR count). The molecule has 0 radical (unpaired) electrons. The molecular weight excluding hydrogens is 378 g/mol. The Bertz CT molecular complexity index is 853. The third-order valence-electron chi connectivity index (χ3n) is 4.98. The van der Waals surface area contributed by atoms with Crippen LogP contribution in [-0.4, -0.2) is 31.1 Å². The lowest BCUT2D eigenvalue weighted by Gasteiger charge is -2.44. The highest BCUT2D eigenvalue weighted by molar-refractivity contribution is 6.99. The fourth-order valence-electron chi connectivity index (χ4n) is 3.69. The number of benzene rings is 2. The van der Waals surface area contributed by atoms with Crippen molar-refractivity contribution in [3.8, 4) is 11.6 Å². The van der Waals surface area contributed by atoms with Crippen LogP contribution in [0.5, 0.6) is 11.6 Å². The van der Waals surface area contributed by atoms with Crippen molar-refractivity contribution >= 4 is 18.7 Å². The predicted octanol–water partition coefficient (Wildman–Crippen LogP) is 4.13. The van der Waals surface area contributed by atoms with Crippen molar-refractivity contribution in [2.75, 3.05) is 6.61 Å². The second-order valence-electron chi connectivity index (χ2n) is 8.26. The zero-order chi connectivity index (χ0) is 20.9. The highest BCUT2D eigenvalue weighted by Crippen LogP contribution is 2.37. The monoisotopic (exact) mass is 407 g/mol. The van der Waals surface area contributed by atoms with Gasteiger partial charge in [0.15, 0.2) is 0 Å². The van der Waals surface area contributed by atoms with E-state index in [-0.39, 0.29) is 16.9 Å². The molecule has 1 N–H and O–H groups in total. The van der Waals surface area contributed by atoms with Gasteiger partial charge in [-0.25, -0.2) is 4.98 Å². The van der Waals surface area contributed by atoms with Gasteiger partial charge in [-0.05, 0) is 28.4 Å². The van der Waals surface area contributed by atoms with Gasteiger partial charge >= 0.3 is 0 Å². The van der Waals surface area contributed by atoms with Crippen molar-refractivity contribution < 1.29 is 14.3 Å². The predicted molar refractivity (Wildman–Crippen MR) is 120 cm³/mol. The van der Waals surface area contributed by atoms with E-state index in [1.165, 1.54) is 16.6 Å². The van der Waals surface area contributed by atoms with Crippen molar-refractivity contribution in [3.63, 3.8) is 0 Å². The summed E-state index contributed by atoms with van der Waals surface area (Å²) in [5.41, 5.74) is 0. The molecule has 1 aromatic heterocycles. The highest BCUT2D eigenvalue weighted by Gasteiger charge is 2.51. The van der Waals surface area contributed by atoms with E-state index < -0.39 is 8.32 Å². The van der Waals surface area contributed by atoms with Gasteiger partial charge in [-0.2, -0.15) is 0 Å². The van der Waals surface area contributed by atoms with Crippen LogP contribution >= 0.6 is 0 Å². The summed E-state index contributed by atoms with van der Waals surface area (Å²) in [5, 5.41) is 11.8. The fraction of sp³-hybridized carbons (Fsp3) is 0.292. The van der Waals surface area contributed by atoms with E-state index in [1.54, 1.807) is 12.1 Å². The van der Waals surface area contributed by atoms with Crippen LogP contribution in [-0.2, 0) is 4.43 Å². The molecule has 1 unspecified atom stereocenters. The average molecular weight is 408 g/mol. The highest BCUT2D eigenvalue weighted by atomic mass is 28.4. The molecule has 0 fully saturated rings.